The van der Waals surface area contributed by atoms with Crippen LogP contribution in [0.2, 0.25) is 0 Å². The number of halogens is 1. The van der Waals surface area contributed by atoms with Gasteiger partial charge in [0.2, 0.25) is 0 Å². The lowest BCUT2D eigenvalue weighted by Crippen LogP contribution is -2.41. The van der Waals surface area contributed by atoms with Gasteiger partial charge in [0.15, 0.2) is 0 Å². The average Bonchev–Trinajstić information content (AvgIpc) is 2.45. The van der Waals surface area contributed by atoms with Gasteiger partial charge in [-0.3, -0.25) is 0 Å². The van der Waals surface area contributed by atoms with E-state index in [0.717, 1.165) is 17.5 Å². The molecule has 1 rings (SSSR count). The van der Waals surface area contributed by atoms with Crippen LogP contribution in [-0.2, 0) is 15.9 Å². The highest BCUT2D eigenvalue weighted by Crippen LogP contribution is 2.18. The molecule has 1 aromatic carbocycles. The summed E-state index contributed by atoms with van der Waals surface area (Å²) < 4.78 is 25.8. The zero-order valence-corrected chi connectivity index (χ0v) is 17.8. The Morgan fingerprint density at radius 3 is 2.23 bits per heavy atom. The third-order valence-corrected chi connectivity index (χ3v) is 3.98. The van der Waals surface area contributed by atoms with E-state index >= 15 is 0 Å². The molecule has 1 aromatic rings. The molecule has 0 heterocycles. The third kappa shape index (κ3) is 8.33. The van der Waals surface area contributed by atoms with E-state index in [2.05, 4.69) is 11.9 Å². The molecule has 4 heteroatoms. The lowest BCUT2D eigenvalue weighted by atomic mass is 10.0. The number of hydrogen-bond donors (Lipinski definition) is 1. The van der Waals surface area contributed by atoms with E-state index in [9.17, 15) is 4.39 Å². The largest absolute Gasteiger partial charge is 0.491 e. The van der Waals surface area contributed by atoms with E-state index in [1.807, 2.05) is 54.5 Å². The molecule has 0 spiro atoms. The second-order valence-corrected chi connectivity index (χ2v) is 8.88. The van der Waals surface area contributed by atoms with Gasteiger partial charge >= 0.3 is 0 Å². The first-order chi connectivity index (χ1) is 11.8. The highest BCUT2D eigenvalue weighted by molar-refractivity contribution is 5.31. The van der Waals surface area contributed by atoms with Crippen LogP contribution in [0.25, 0.3) is 0 Å². The van der Waals surface area contributed by atoms with E-state index in [1.54, 1.807) is 13.0 Å². The Labute approximate surface area is 159 Å². The van der Waals surface area contributed by atoms with Crippen LogP contribution in [0.5, 0.6) is 0 Å². The maximum Gasteiger partial charge on any atom is 0.126 e. The Morgan fingerprint density at radius 2 is 1.73 bits per heavy atom. The lowest BCUT2D eigenvalue weighted by molar-refractivity contribution is -0.0277. The highest BCUT2D eigenvalue weighted by Gasteiger charge is 2.22. The van der Waals surface area contributed by atoms with Gasteiger partial charge in [0.25, 0.3) is 0 Å². The van der Waals surface area contributed by atoms with Crippen molar-refractivity contribution in [1.29, 1.82) is 0 Å². The van der Waals surface area contributed by atoms with Crippen LogP contribution in [-0.4, -0.2) is 30.4 Å². The molecular weight excluding hydrogens is 329 g/mol. The molecule has 0 unspecified atom stereocenters. The Balaban J connectivity index is 2.71. The summed E-state index contributed by atoms with van der Waals surface area (Å²) in [6, 6.07) is 3.54. The number of benzene rings is 1. The van der Waals surface area contributed by atoms with E-state index in [1.165, 1.54) is 0 Å². The maximum absolute atomic E-state index is 13.9. The SMILES string of the molecule is C=C(OC(C)(C)C)[C@H](COC(C)(C)C)NCCc1cc(C)c(C)c(F)c1. The van der Waals surface area contributed by atoms with E-state index in [4.69, 9.17) is 9.47 Å². The fourth-order valence-electron chi connectivity index (χ4n) is 2.49. The topological polar surface area (TPSA) is 30.5 Å². The number of rotatable bonds is 8. The van der Waals surface area contributed by atoms with Crippen molar-refractivity contribution in [3.8, 4) is 0 Å². The number of ether oxygens (including phenoxy) is 2. The molecule has 0 aliphatic carbocycles. The summed E-state index contributed by atoms with van der Waals surface area (Å²) in [5, 5.41) is 3.44. The molecule has 148 valence electrons. The minimum absolute atomic E-state index is 0.121. The summed E-state index contributed by atoms with van der Waals surface area (Å²) in [7, 11) is 0. The summed E-state index contributed by atoms with van der Waals surface area (Å²) in [6.07, 6.45) is 0.729. The van der Waals surface area contributed by atoms with Crippen LogP contribution >= 0.6 is 0 Å². The lowest BCUT2D eigenvalue weighted by Gasteiger charge is -2.30. The van der Waals surface area contributed by atoms with Crippen LogP contribution in [0.4, 0.5) is 4.39 Å². The molecular formula is C22H36FNO2. The second-order valence-electron chi connectivity index (χ2n) is 8.88. The van der Waals surface area contributed by atoms with E-state index in [-0.39, 0.29) is 23.1 Å². The van der Waals surface area contributed by atoms with Gasteiger partial charge in [0, 0.05) is 0 Å². The molecule has 1 N–H and O–H groups in total. The van der Waals surface area contributed by atoms with Gasteiger partial charge < -0.3 is 14.8 Å². The first kappa shape index (κ1) is 22.7. The average molecular weight is 366 g/mol. The first-order valence-corrected chi connectivity index (χ1v) is 9.29. The van der Waals surface area contributed by atoms with Gasteiger partial charge in [0.05, 0.1) is 18.2 Å². The van der Waals surface area contributed by atoms with Crippen molar-refractivity contribution in [2.24, 2.45) is 0 Å². The molecule has 0 aliphatic rings. The Morgan fingerprint density at radius 1 is 1.12 bits per heavy atom. The number of aryl methyl sites for hydroxylation is 1. The summed E-state index contributed by atoms with van der Waals surface area (Å²) in [5.41, 5.74) is 2.13. The fourth-order valence-corrected chi connectivity index (χ4v) is 2.49. The molecule has 3 nitrogen and oxygen atoms in total. The molecule has 26 heavy (non-hydrogen) atoms. The molecule has 1 atom stereocenters. The molecule has 0 aliphatic heterocycles. The number of nitrogens with one attached hydrogen (secondary N) is 1. The molecule has 0 aromatic heterocycles. The zero-order chi connectivity index (χ0) is 20.1. The van der Waals surface area contributed by atoms with Gasteiger partial charge in [-0.15, -0.1) is 0 Å². The Hall–Kier alpha value is -1.39. The van der Waals surface area contributed by atoms with Crippen molar-refractivity contribution in [2.75, 3.05) is 13.2 Å². The van der Waals surface area contributed by atoms with Crippen LogP contribution in [0.3, 0.4) is 0 Å². The van der Waals surface area contributed by atoms with Crippen LogP contribution in [0.15, 0.2) is 24.5 Å². The van der Waals surface area contributed by atoms with Crippen molar-refractivity contribution in [3.05, 3.63) is 47.0 Å². The van der Waals surface area contributed by atoms with Crippen molar-refractivity contribution >= 4 is 0 Å². The summed E-state index contributed by atoms with van der Waals surface area (Å²) in [6.45, 7) is 21.0. The first-order valence-electron chi connectivity index (χ1n) is 9.29. The van der Waals surface area contributed by atoms with Crippen molar-refractivity contribution in [2.45, 2.75) is 79.1 Å². The second kappa shape index (κ2) is 9.01. The molecule has 0 radical (unpaired) electrons. The summed E-state index contributed by atoms with van der Waals surface area (Å²) >= 11 is 0. The van der Waals surface area contributed by atoms with Crippen LogP contribution in [0, 0.1) is 19.7 Å². The normalized spacial score (nSPS) is 13.6. The highest BCUT2D eigenvalue weighted by atomic mass is 19.1. The molecule has 0 fully saturated rings. The van der Waals surface area contributed by atoms with E-state index in [0.29, 0.717) is 24.5 Å². The standard InChI is InChI=1S/C22H36FNO2/c1-15-12-18(13-19(23)16(15)2)10-11-24-20(14-25-21(4,5)6)17(3)26-22(7,8)9/h12-13,20,24H,3,10-11,14H2,1-2,4-9H3/t20-/m0/s1. The van der Waals surface area contributed by atoms with Gasteiger partial charge in [-0.2, -0.15) is 0 Å². The molecule has 0 saturated heterocycles. The Bertz CT molecular complexity index is 589. The minimum Gasteiger partial charge on any atom is -0.491 e. The smallest absolute Gasteiger partial charge is 0.126 e. The molecule has 0 saturated carbocycles. The monoisotopic (exact) mass is 365 g/mol. The van der Waals surface area contributed by atoms with Gasteiger partial charge in [-0.25, -0.2) is 4.39 Å². The summed E-state index contributed by atoms with van der Waals surface area (Å²) in [4.78, 5) is 0. The minimum atomic E-state index is -0.310. The van der Waals surface area contributed by atoms with Crippen molar-refractivity contribution in [1.82, 2.24) is 5.32 Å². The maximum atomic E-state index is 13.9. The van der Waals surface area contributed by atoms with Gasteiger partial charge in [0.1, 0.15) is 17.2 Å². The van der Waals surface area contributed by atoms with Gasteiger partial charge in [-0.1, -0.05) is 12.6 Å². The Kier molecular flexibility index (Phi) is 7.85. The van der Waals surface area contributed by atoms with Crippen LogP contribution in [0.1, 0.15) is 58.2 Å². The number of hydrogen-bond acceptors (Lipinski definition) is 3. The zero-order valence-electron chi connectivity index (χ0n) is 17.8. The van der Waals surface area contributed by atoms with Crippen LogP contribution < -0.4 is 5.32 Å². The van der Waals surface area contributed by atoms with Crippen molar-refractivity contribution < 1.29 is 13.9 Å². The summed E-state index contributed by atoms with van der Waals surface area (Å²) in [5.74, 6) is 0.515. The van der Waals surface area contributed by atoms with Gasteiger partial charge in [-0.05, 0) is 91.1 Å². The van der Waals surface area contributed by atoms with E-state index < -0.39 is 0 Å². The molecule has 0 amide bonds. The fraction of sp³-hybridized carbons (Fsp3) is 0.636. The third-order valence-electron chi connectivity index (χ3n) is 3.98. The quantitative estimate of drug-likeness (QED) is 0.651. The molecule has 0 bridgehead atoms. The van der Waals surface area contributed by atoms with Crippen molar-refractivity contribution in [3.63, 3.8) is 0 Å². The predicted octanol–water partition coefficient (Wildman–Crippen LogP) is 5.09. The predicted molar refractivity (Wildman–Crippen MR) is 107 cm³/mol.